The van der Waals surface area contributed by atoms with Crippen molar-refractivity contribution in [2.75, 3.05) is 0 Å². The minimum Gasteiger partial charge on any atom is -0.399 e. The highest BCUT2D eigenvalue weighted by Crippen LogP contribution is 2.36. The second-order valence-corrected chi connectivity index (χ2v) is 4.22. The van der Waals surface area contributed by atoms with Gasteiger partial charge in [-0.25, -0.2) is 0 Å². The Labute approximate surface area is 69.0 Å². The lowest BCUT2D eigenvalue weighted by Crippen LogP contribution is -2.09. The van der Waals surface area contributed by atoms with Gasteiger partial charge in [0.05, 0.1) is 0 Å². The van der Waals surface area contributed by atoms with Gasteiger partial charge in [-0.15, -0.1) is 0 Å². The van der Waals surface area contributed by atoms with Crippen molar-refractivity contribution in [1.29, 1.82) is 0 Å². The molecule has 1 heteroatoms. The van der Waals surface area contributed by atoms with Crippen molar-refractivity contribution in [3.8, 4) is 0 Å². The van der Waals surface area contributed by atoms with Crippen LogP contribution < -0.4 is 5.73 Å². The molecule has 0 amide bonds. The second kappa shape index (κ2) is 2.40. The summed E-state index contributed by atoms with van der Waals surface area (Å²) >= 11 is 0. The third-order valence-corrected chi connectivity index (χ3v) is 2.32. The largest absolute Gasteiger partial charge is 0.399 e. The molecule has 0 atom stereocenters. The molecule has 0 radical (unpaired) electrons. The molecule has 2 N–H and O–H groups in total. The Morgan fingerprint density at radius 3 is 2.09 bits per heavy atom. The van der Waals surface area contributed by atoms with E-state index in [1.807, 2.05) is 0 Å². The molecule has 0 aromatic carbocycles. The lowest BCUT2D eigenvalue weighted by molar-refractivity contribution is 0.492. The van der Waals surface area contributed by atoms with E-state index in [4.69, 9.17) is 5.73 Å². The van der Waals surface area contributed by atoms with Gasteiger partial charge in [-0.1, -0.05) is 32.4 Å². The Hall–Kier alpha value is -0.720. The summed E-state index contributed by atoms with van der Waals surface area (Å²) in [7, 11) is 0. The number of hydrogen-bond acceptors (Lipinski definition) is 1. The average molecular weight is 151 g/mol. The van der Waals surface area contributed by atoms with Crippen LogP contribution in [0.15, 0.2) is 22.9 Å². The van der Waals surface area contributed by atoms with Gasteiger partial charge < -0.3 is 5.73 Å². The van der Waals surface area contributed by atoms with Crippen LogP contribution in [-0.4, -0.2) is 0 Å². The van der Waals surface area contributed by atoms with Crippen LogP contribution in [-0.2, 0) is 0 Å². The van der Waals surface area contributed by atoms with Gasteiger partial charge in [-0.2, -0.15) is 0 Å². The highest BCUT2D eigenvalue weighted by molar-refractivity contribution is 5.41. The molecule has 0 aromatic rings. The molecule has 0 saturated heterocycles. The highest BCUT2D eigenvalue weighted by atomic mass is 14.6. The van der Waals surface area contributed by atoms with E-state index in [9.17, 15) is 0 Å². The van der Waals surface area contributed by atoms with Crippen LogP contribution in [0.1, 0.15) is 34.1 Å². The third-order valence-electron chi connectivity index (χ3n) is 2.32. The summed E-state index contributed by atoms with van der Waals surface area (Å²) < 4.78 is 0. The van der Waals surface area contributed by atoms with E-state index in [2.05, 4.69) is 33.8 Å². The summed E-state index contributed by atoms with van der Waals surface area (Å²) in [6.07, 6.45) is 3.15. The van der Waals surface area contributed by atoms with Crippen molar-refractivity contribution < 1.29 is 0 Å². The molecule has 1 nitrogen and oxygen atoms in total. The van der Waals surface area contributed by atoms with Gasteiger partial charge in [0.2, 0.25) is 0 Å². The summed E-state index contributed by atoms with van der Waals surface area (Å²) in [4.78, 5) is 0. The number of hydrogen-bond donors (Lipinski definition) is 1. The molecule has 0 fully saturated rings. The normalized spacial score (nSPS) is 19.1. The third kappa shape index (κ3) is 1.47. The molecule has 1 aliphatic carbocycles. The zero-order valence-corrected chi connectivity index (χ0v) is 7.86. The van der Waals surface area contributed by atoms with Crippen LogP contribution in [0.4, 0.5) is 0 Å². The standard InChI is InChI=1S/C10H17N/c1-7-8(10(2,3)4)5-6-9(7)11/h6H,5,11H2,1-4H3. The van der Waals surface area contributed by atoms with Crippen LogP contribution in [0.5, 0.6) is 0 Å². The lowest BCUT2D eigenvalue weighted by atomic mass is 9.84. The molecular formula is C10H17N. The molecule has 1 rings (SSSR count). The summed E-state index contributed by atoms with van der Waals surface area (Å²) in [5.41, 5.74) is 9.79. The van der Waals surface area contributed by atoms with E-state index in [1.54, 1.807) is 0 Å². The monoisotopic (exact) mass is 151 g/mol. The summed E-state index contributed by atoms with van der Waals surface area (Å²) in [6, 6.07) is 0. The fourth-order valence-electron chi connectivity index (χ4n) is 1.56. The predicted molar refractivity (Wildman–Crippen MR) is 49.0 cm³/mol. The first kappa shape index (κ1) is 8.38. The maximum atomic E-state index is 5.77. The fraction of sp³-hybridized carbons (Fsp3) is 0.600. The number of nitrogens with two attached hydrogens (primary N) is 1. The van der Waals surface area contributed by atoms with E-state index in [0.717, 1.165) is 12.1 Å². The molecule has 1 aliphatic rings. The molecule has 0 saturated carbocycles. The summed E-state index contributed by atoms with van der Waals surface area (Å²) in [6.45, 7) is 8.81. The summed E-state index contributed by atoms with van der Waals surface area (Å²) in [5, 5.41) is 0. The van der Waals surface area contributed by atoms with Crippen molar-refractivity contribution in [3.63, 3.8) is 0 Å². The van der Waals surface area contributed by atoms with E-state index in [1.165, 1.54) is 11.1 Å². The van der Waals surface area contributed by atoms with Crippen molar-refractivity contribution in [2.24, 2.45) is 11.1 Å². The molecule has 0 heterocycles. The van der Waals surface area contributed by atoms with Crippen LogP contribution in [0.25, 0.3) is 0 Å². The van der Waals surface area contributed by atoms with Gasteiger partial charge in [0.25, 0.3) is 0 Å². The minimum absolute atomic E-state index is 0.279. The maximum absolute atomic E-state index is 5.77. The first-order chi connectivity index (χ1) is 4.93. The Kier molecular flexibility index (Phi) is 1.83. The summed E-state index contributed by atoms with van der Waals surface area (Å²) in [5.74, 6) is 0. The smallest absolute Gasteiger partial charge is 0.0306 e. The zero-order chi connectivity index (χ0) is 8.65. The Balaban J connectivity index is 2.95. The lowest BCUT2D eigenvalue weighted by Gasteiger charge is -2.21. The molecule has 0 unspecified atom stereocenters. The van der Waals surface area contributed by atoms with E-state index in [0.29, 0.717) is 0 Å². The van der Waals surface area contributed by atoms with Gasteiger partial charge in [-0.05, 0) is 24.3 Å². The van der Waals surface area contributed by atoms with Crippen molar-refractivity contribution in [3.05, 3.63) is 22.9 Å². The first-order valence-corrected chi connectivity index (χ1v) is 4.09. The highest BCUT2D eigenvalue weighted by Gasteiger charge is 2.22. The number of rotatable bonds is 0. The fourth-order valence-corrected chi connectivity index (χ4v) is 1.56. The second-order valence-electron chi connectivity index (χ2n) is 4.22. The van der Waals surface area contributed by atoms with Crippen molar-refractivity contribution in [1.82, 2.24) is 0 Å². The minimum atomic E-state index is 0.279. The van der Waals surface area contributed by atoms with Gasteiger partial charge in [0, 0.05) is 5.70 Å². The topological polar surface area (TPSA) is 26.0 Å². The van der Waals surface area contributed by atoms with E-state index >= 15 is 0 Å². The van der Waals surface area contributed by atoms with Gasteiger partial charge in [0.15, 0.2) is 0 Å². The molecule has 0 aliphatic heterocycles. The molecular weight excluding hydrogens is 134 g/mol. The average Bonchev–Trinajstić information content (AvgIpc) is 2.11. The van der Waals surface area contributed by atoms with Gasteiger partial charge >= 0.3 is 0 Å². The van der Waals surface area contributed by atoms with Gasteiger partial charge in [0.1, 0.15) is 0 Å². The Bertz CT molecular complexity index is 226. The van der Waals surface area contributed by atoms with Gasteiger partial charge in [-0.3, -0.25) is 0 Å². The molecule has 0 aromatic heterocycles. The van der Waals surface area contributed by atoms with Crippen LogP contribution in [0.2, 0.25) is 0 Å². The maximum Gasteiger partial charge on any atom is 0.0306 e. The molecule has 0 spiro atoms. The Morgan fingerprint density at radius 1 is 1.36 bits per heavy atom. The number of allylic oxidation sites excluding steroid dienone is 3. The molecule has 0 bridgehead atoms. The quantitative estimate of drug-likeness (QED) is 0.566. The Morgan fingerprint density at radius 2 is 1.91 bits per heavy atom. The van der Waals surface area contributed by atoms with E-state index < -0.39 is 0 Å². The zero-order valence-electron chi connectivity index (χ0n) is 7.86. The van der Waals surface area contributed by atoms with Crippen molar-refractivity contribution in [2.45, 2.75) is 34.1 Å². The van der Waals surface area contributed by atoms with Crippen LogP contribution in [0, 0.1) is 5.41 Å². The first-order valence-electron chi connectivity index (χ1n) is 4.09. The van der Waals surface area contributed by atoms with Crippen LogP contribution >= 0.6 is 0 Å². The molecule has 11 heavy (non-hydrogen) atoms. The van der Waals surface area contributed by atoms with Crippen LogP contribution in [0.3, 0.4) is 0 Å². The molecule has 62 valence electrons. The SMILES string of the molecule is CC1=C(C(C)(C)C)CC=C1N. The van der Waals surface area contributed by atoms with Crippen molar-refractivity contribution >= 4 is 0 Å². The predicted octanol–water partition coefficient (Wildman–Crippen LogP) is 2.60. The van der Waals surface area contributed by atoms with E-state index in [-0.39, 0.29) is 5.41 Å².